The van der Waals surface area contributed by atoms with Crippen LogP contribution in [0.15, 0.2) is 82.3 Å². The van der Waals surface area contributed by atoms with Gasteiger partial charge < -0.3 is 19.2 Å². The van der Waals surface area contributed by atoms with Crippen molar-refractivity contribution in [2.45, 2.75) is 13.2 Å². The number of hydrogen-bond acceptors (Lipinski definition) is 8. The first-order valence-corrected chi connectivity index (χ1v) is 12.3. The zero-order chi connectivity index (χ0) is 24.9. The molecule has 0 aliphatic rings. The third-order valence-electron chi connectivity index (χ3n) is 5.48. The van der Waals surface area contributed by atoms with E-state index >= 15 is 0 Å². The molecule has 0 bridgehead atoms. The Morgan fingerprint density at radius 2 is 1.86 bits per heavy atom. The number of nitrogens with zero attached hydrogens (tertiary/aromatic N) is 3. The van der Waals surface area contributed by atoms with Crippen LogP contribution >= 0.6 is 15.9 Å². The van der Waals surface area contributed by atoms with Gasteiger partial charge >= 0.3 is 11.7 Å². The number of alkyl halides is 1. The lowest BCUT2D eigenvalue weighted by molar-refractivity contribution is -0.140. The molecule has 0 saturated carbocycles. The summed E-state index contributed by atoms with van der Waals surface area (Å²) in [7, 11) is 0. The van der Waals surface area contributed by atoms with Gasteiger partial charge in [0.15, 0.2) is 5.58 Å². The van der Waals surface area contributed by atoms with Crippen molar-refractivity contribution in [3.63, 3.8) is 0 Å². The number of oxazole rings is 1. The van der Waals surface area contributed by atoms with Crippen LogP contribution in [-0.2, 0) is 22.7 Å². The van der Waals surface area contributed by atoms with Crippen molar-refractivity contribution in [3.8, 4) is 5.75 Å². The van der Waals surface area contributed by atoms with Gasteiger partial charge in [-0.25, -0.2) is 14.8 Å². The minimum absolute atomic E-state index is 0.0477. The van der Waals surface area contributed by atoms with Crippen molar-refractivity contribution in [2.24, 2.45) is 0 Å². The van der Waals surface area contributed by atoms with E-state index in [1.54, 1.807) is 12.1 Å². The van der Waals surface area contributed by atoms with Crippen LogP contribution in [0.1, 0.15) is 5.56 Å². The Bertz CT molecular complexity index is 1570. The maximum absolute atomic E-state index is 12.4. The van der Waals surface area contributed by atoms with E-state index in [2.05, 4.69) is 31.2 Å². The van der Waals surface area contributed by atoms with E-state index in [1.165, 1.54) is 10.9 Å². The van der Waals surface area contributed by atoms with E-state index < -0.39 is 11.7 Å². The standard InChI is InChI=1S/C26H21BrN4O5/c27-14-24(32)34-11-10-31-22-12-20-21(13-23(22)36-26(31)33)28-16-29-25(20)30-18-6-8-19(9-7-18)35-15-17-4-2-1-3-5-17/h1-9,12-13,16H,10-11,14-15H2,(H,28,29,30). The van der Waals surface area contributed by atoms with Gasteiger partial charge in [0.05, 0.1) is 17.6 Å². The second-order valence-corrected chi connectivity index (χ2v) is 8.42. The fourth-order valence-corrected chi connectivity index (χ4v) is 3.89. The van der Waals surface area contributed by atoms with Crippen LogP contribution in [0.5, 0.6) is 5.75 Å². The number of esters is 1. The molecule has 0 saturated heterocycles. The largest absolute Gasteiger partial charge is 0.489 e. The van der Waals surface area contributed by atoms with E-state index in [0.717, 1.165) is 17.0 Å². The van der Waals surface area contributed by atoms with E-state index in [9.17, 15) is 9.59 Å². The molecule has 9 nitrogen and oxygen atoms in total. The average Bonchev–Trinajstić information content (AvgIpc) is 3.21. The topological polar surface area (TPSA) is 108 Å². The molecule has 2 heterocycles. The number of rotatable bonds is 9. The van der Waals surface area contributed by atoms with Crippen LogP contribution in [0.2, 0.25) is 0 Å². The number of ether oxygens (including phenoxy) is 2. The van der Waals surface area contributed by atoms with Gasteiger partial charge in [0.25, 0.3) is 0 Å². The minimum Gasteiger partial charge on any atom is -0.489 e. The van der Waals surface area contributed by atoms with E-state index in [0.29, 0.717) is 34.4 Å². The van der Waals surface area contributed by atoms with Gasteiger partial charge in [-0.1, -0.05) is 46.3 Å². The lowest BCUT2D eigenvalue weighted by atomic mass is 10.2. The van der Waals surface area contributed by atoms with Crippen molar-refractivity contribution >= 4 is 55.4 Å². The van der Waals surface area contributed by atoms with Crippen molar-refractivity contribution in [2.75, 3.05) is 17.3 Å². The molecule has 0 radical (unpaired) electrons. The second kappa shape index (κ2) is 10.6. The molecular weight excluding hydrogens is 528 g/mol. The van der Waals surface area contributed by atoms with Crippen molar-refractivity contribution < 1.29 is 18.7 Å². The summed E-state index contributed by atoms with van der Waals surface area (Å²) < 4.78 is 17.7. The minimum atomic E-state index is -0.538. The number of nitrogens with one attached hydrogen (secondary N) is 1. The van der Waals surface area contributed by atoms with Gasteiger partial charge in [-0.15, -0.1) is 0 Å². The van der Waals surface area contributed by atoms with Crippen LogP contribution in [-0.4, -0.2) is 32.4 Å². The zero-order valence-corrected chi connectivity index (χ0v) is 20.6. The first-order chi connectivity index (χ1) is 17.6. The summed E-state index contributed by atoms with van der Waals surface area (Å²) in [6.07, 6.45) is 1.45. The molecular formula is C26H21BrN4O5. The van der Waals surface area contributed by atoms with Crippen LogP contribution in [0, 0.1) is 0 Å². The van der Waals surface area contributed by atoms with E-state index in [1.807, 2.05) is 54.6 Å². The van der Waals surface area contributed by atoms with Gasteiger partial charge in [0, 0.05) is 17.1 Å². The summed E-state index contributed by atoms with van der Waals surface area (Å²) in [5, 5.41) is 4.10. The first-order valence-electron chi connectivity index (χ1n) is 11.1. The Labute approximate surface area is 213 Å². The number of benzene rings is 3. The predicted molar refractivity (Wildman–Crippen MR) is 139 cm³/mol. The normalized spacial score (nSPS) is 11.0. The highest BCUT2D eigenvalue weighted by Gasteiger charge is 2.14. The molecule has 0 aliphatic heterocycles. The highest BCUT2D eigenvalue weighted by atomic mass is 79.9. The van der Waals surface area contributed by atoms with Crippen molar-refractivity contribution in [1.29, 1.82) is 0 Å². The fraction of sp³-hybridized carbons (Fsp3) is 0.154. The van der Waals surface area contributed by atoms with Crippen molar-refractivity contribution in [3.05, 3.63) is 89.2 Å². The molecule has 5 rings (SSSR count). The van der Waals surface area contributed by atoms with Crippen molar-refractivity contribution in [1.82, 2.24) is 14.5 Å². The molecule has 36 heavy (non-hydrogen) atoms. The smallest absolute Gasteiger partial charge is 0.420 e. The van der Waals surface area contributed by atoms with Crippen LogP contribution < -0.4 is 15.8 Å². The molecule has 0 amide bonds. The molecule has 0 atom stereocenters. The number of aromatic nitrogens is 3. The Morgan fingerprint density at radius 1 is 1.06 bits per heavy atom. The van der Waals surface area contributed by atoms with Crippen LogP contribution in [0.4, 0.5) is 11.5 Å². The second-order valence-electron chi connectivity index (χ2n) is 7.86. The summed E-state index contributed by atoms with van der Waals surface area (Å²) >= 11 is 3.04. The summed E-state index contributed by atoms with van der Waals surface area (Å²) in [5.74, 6) is 0.383. The SMILES string of the molecule is O=C(CBr)OCCn1c(=O)oc2cc3ncnc(Nc4ccc(OCc5ccccc5)cc4)c3cc21. The predicted octanol–water partition coefficient (Wildman–Crippen LogP) is 4.80. The van der Waals surface area contributed by atoms with Gasteiger partial charge in [-0.3, -0.25) is 9.36 Å². The highest BCUT2D eigenvalue weighted by Crippen LogP contribution is 2.28. The lowest BCUT2D eigenvalue weighted by Gasteiger charge is -2.10. The summed E-state index contributed by atoms with van der Waals surface area (Å²) in [5.41, 5.74) is 3.48. The number of hydrogen-bond donors (Lipinski definition) is 1. The van der Waals surface area contributed by atoms with Gasteiger partial charge in [0.2, 0.25) is 0 Å². The van der Waals surface area contributed by atoms with Gasteiger partial charge in [-0.2, -0.15) is 0 Å². The summed E-state index contributed by atoms with van der Waals surface area (Å²) in [4.78, 5) is 32.5. The van der Waals surface area contributed by atoms with E-state index in [4.69, 9.17) is 13.9 Å². The fourth-order valence-electron chi connectivity index (χ4n) is 3.73. The third-order valence-corrected chi connectivity index (χ3v) is 5.93. The first kappa shape index (κ1) is 23.6. The zero-order valence-electron chi connectivity index (χ0n) is 19.0. The maximum Gasteiger partial charge on any atom is 0.420 e. The molecule has 0 fully saturated rings. The van der Waals surface area contributed by atoms with Gasteiger partial charge in [0.1, 0.15) is 36.4 Å². The van der Waals surface area contributed by atoms with Crippen LogP contribution in [0.3, 0.4) is 0 Å². The molecule has 10 heteroatoms. The number of halogens is 1. The van der Waals surface area contributed by atoms with Gasteiger partial charge in [-0.05, 0) is 35.9 Å². The average molecular weight is 549 g/mol. The molecule has 2 aromatic heterocycles. The van der Waals surface area contributed by atoms with E-state index in [-0.39, 0.29) is 18.5 Å². The Morgan fingerprint density at radius 3 is 2.64 bits per heavy atom. The summed E-state index contributed by atoms with van der Waals surface area (Å²) in [6.45, 7) is 0.699. The molecule has 1 N–H and O–H groups in total. The molecule has 0 unspecified atom stereocenters. The number of carbonyl (C=O) groups is 1. The molecule has 0 aliphatic carbocycles. The quantitative estimate of drug-likeness (QED) is 0.206. The number of carbonyl (C=O) groups excluding carboxylic acids is 1. The number of fused-ring (bicyclic) bond motifs is 2. The Kier molecular flexibility index (Phi) is 6.94. The van der Waals surface area contributed by atoms with Crippen LogP contribution in [0.25, 0.3) is 22.0 Å². The lowest BCUT2D eigenvalue weighted by Crippen LogP contribution is -2.19. The molecule has 3 aromatic carbocycles. The maximum atomic E-state index is 12.4. The Hall–Kier alpha value is -4.18. The third kappa shape index (κ3) is 5.23. The highest BCUT2D eigenvalue weighted by molar-refractivity contribution is 9.09. The molecule has 0 spiro atoms. The Balaban J connectivity index is 1.37. The summed E-state index contributed by atoms with van der Waals surface area (Å²) in [6, 6.07) is 21.0. The number of anilines is 2. The molecule has 5 aromatic rings. The molecule has 182 valence electrons. The monoisotopic (exact) mass is 548 g/mol.